The van der Waals surface area contributed by atoms with Crippen molar-refractivity contribution in [1.82, 2.24) is 25.3 Å². The molecule has 2 atom stereocenters. The molecule has 2 aromatic heterocycles. The molecule has 8 heteroatoms. The molecule has 0 spiro atoms. The second kappa shape index (κ2) is 6.52. The molecule has 0 unspecified atom stereocenters. The van der Waals surface area contributed by atoms with Crippen LogP contribution in [0.25, 0.3) is 0 Å². The zero-order chi connectivity index (χ0) is 15.4. The Morgan fingerprint density at radius 3 is 3.14 bits per heavy atom. The van der Waals surface area contributed by atoms with Crippen molar-refractivity contribution in [2.45, 2.75) is 18.6 Å². The summed E-state index contributed by atoms with van der Waals surface area (Å²) in [5, 5.41) is 2.92. The molecule has 0 radical (unpaired) electrons. The number of ether oxygens (including phenoxy) is 1. The van der Waals surface area contributed by atoms with Crippen molar-refractivity contribution in [3.63, 3.8) is 0 Å². The van der Waals surface area contributed by atoms with E-state index in [-0.39, 0.29) is 18.1 Å². The Morgan fingerprint density at radius 1 is 1.55 bits per heavy atom. The predicted octanol–water partition coefficient (Wildman–Crippen LogP) is 0.223. The van der Waals surface area contributed by atoms with Gasteiger partial charge < -0.3 is 19.9 Å². The van der Waals surface area contributed by atoms with E-state index in [0.29, 0.717) is 12.2 Å². The molecule has 1 amide bonds. The summed E-state index contributed by atoms with van der Waals surface area (Å²) < 4.78 is 5.46. The molecule has 0 bridgehead atoms. The molecule has 3 rings (SSSR count). The smallest absolute Gasteiger partial charge is 0.269 e. The molecule has 3 heterocycles. The lowest BCUT2D eigenvalue weighted by molar-refractivity contribution is 0.0942. The van der Waals surface area contributed by atoms with Gasteiger partial charge in [-0.2, -0.15) is 0 Å². The second-order valence-corrected chi connectivity index (χ2v) is 5.14. The fraction of sp³-hybridized carbons (Fsp3) is 0.429. The van der Waals surface area contributed by atoms with Gasteiger partial charge in [-0.1, -0.05) is 0 Å². The van der Waals surface area contributed by atoms with Crippen molar-refractivity contribution < 1.29 is 9.53 Å². The largest absolute Gasteiger partial charge is 0.380 e. The lowest BCUT2D eigenvalue weighted by atomic mass is 10.2. The Labute approximate surface area is 127 Å². The lowest BCUT2D eigenvalue weighted by Crippen LogP contribution is -2.40. The van der Waals surface area contributed by atoms with Gasteiger partial charge in [-0.05, 0) is 12.5 Å². The third kappa shape index (κ3) is 3.06. The standard InChI is InChI=1S/C14H18N6O2/c1-22-11-4-10(5-17-14(21)12-6-16-9-18-12)20(7-11)13-2-3-15-8-19-13/h2-3,6,8-11H,4-5,7H2,1H3,(H,16,18)(H,17,21)/t10-,11-/m1/s1. The van der Waals surface area contributed by atoms with E-state index in [2.05, 4.69) is 30.2 Å². The Kier molecular flexibility index (Phi) is 4.29. The van der Waals surface area contributed by atoms with Gasteiger partial charge >= 0.3 is 0 Å². The first-order chi connectivity index (χ1) is 10.8. The number of imidazole rings is 1. The van der Waals surface area contributed by atoms with Gasteiger partial charge in [0.2, 0.25) is 0 Å². The Morgan fingerprint density at radius 2 is 2.45 bits per heavy atom. The number of nitrogens with zero attached hydrogens (tertiary/aromatic N) is 4. The molecule has 1 aliphatic rings. The summed E-state index contributed by atoms with van der Waals surface area (Å²) in [6, 6.07) is 1.99. The summed E-state index contributed by atoms with van der Waals surface area (Å²) in [5.41, 5.74) is 0.454. The molecule has 2 aromatic rings. The third-order valence-electron chi connectivity index (χ3n) is 3.81. The summed E-state index contributed by atoms with van der Waals surface area (Å²) in [6.45, 7) is 1.26. The van der Waals surface area contributed by atoms with E-state index >= 15 is 0 Å². The topological polar surface area (TPSA) is 96.0 Å². The number of hydrogen-bond acceptors (Lipinski definition) is 6. The van der Waals surface area contributed by atoms with Crippen molar-refractivity contribution >= 4 is 11.7 Å². The van der Waals surface area contributed by atoms with Crippen LogP contribution in [-0.4, -0.2) is 58.2 Å². The maximum Gasteiger partial charge on any atom is 0.269 e. The highest BCUT2D eigenvalue weighted by Crippen LogP contribution is 2.24. The molecule has 1 saturated heterocycles. The highest BCUT2D eigenvalue weighted by atomic mass is 16.5. The zero-order valence-corrected chi connectivity index (χ0v) is 12.3. The van der Waals surface area contributed by atoms with Crippen molar-refractivity contribution in [2.75, 3.05) is 25.1 Å². The van der Waals surface area contributed by atoms with Crippen molar-refractivity contribution in [1.29, 1.82) is 0 Å². The first kappa shape index (κ1) is 14.5. The quantitative estimate of drug-likeness (QED) is 0.820. The van der Waals surface area contributed by atoms with E-state index < -0.39 is 0 Å². The summed E-state index contributed by atoms with van der Waals surface area (Å²) in [4.78, 5) is 29.0. The summed E-state index contributed by atoms with van der Waals surface area (Å²) in [5.74, 6) is 0.677. The average molecular weight is 302 g/mol. The van der Waals surface area contributed by atoms with Gasteiger partial charge in [0.15, 0.2) is 0 Å². The number of aromatic amines is 1. The molecule has 0 saturated carbocycles. The number of amides is 1. The number of anilines is 1. The van der Waals surface area contributed by atoms with E-state index in [9.17, 15) is 4.79 Å². The fourth-order valence-electron chi connectivity index (χ4n) is 2.66. The van der Waals surface area contributed by atoms with Crippen LogP contribution in [0, 0.1) is 0 Å². The van der Waals surface area contributed by atoms with E-state index in [4.69, 9.17) is 4.74 Å². The van der Waals surface area contributed by atoms with Crippen LogP contribution in [0.2, 0.25) is 0 Å². The van der Waals surface area contributed by atoms with Gasteiger partial charge in [-0.3, -0.25) is 4.79 Å². The fourth-order valence-corrected chi connectivity index (χ4v) is 2.66. The first-order valence-electron chi connectivity index (χ1n) is 7.10. The number of H-pyrrole nitrogens is 1. The van der Waals surface area contributed by atoms with Crippen LogP contribution in [0.4, 0.5) is 5.82 Å². The van der Waals surface area contributed by atoms with Crippen LogP contribution < -0.4 is 10.2 Å². The SMILES string of the molecule is CO[C@@H]1C[C@H](CNC(=O)c2cnc[nH]2)N(c2ccncn2)C1. The summed E-state index contributed by atoms with van der Waals surface area (Å²) in [6.07, 6.45) is 7.19. The highest BCUT2D eigenvalue weighted by Gasteiger charge is 2.33. The zero-order valence-electron chi connectivity index (χ0n) is 12.3. The molecule has 8 nitrogen and oxygen atoms in total. The maximum absolute atomic E-state index is 12.0. The van der Waals surface area contributed by atoms with Crippen molar-refractivity contribution in [3.05, 3.63) is 36.8 Å². The van der Waals surface area contributed by atoms with Crippen molar-refractivity contribution in [3.8, 4) is 0 Å². The molecule has 0 aliphatic carbocycles. The number of methoxy groups -OCH3 is 1. The molecule has 22 heavy (non-hydrogen) atoms. The van der Waals surface area contributed by atoms with Gasteiger partial charge in [0.05, 0.1) is 24.7 Å². The second-order valence-electron chi connectivity index (χ2n) is 5.14. The summed E-state index contributed by atoms with van der Waals surface area (Å²) in [7, 11) is 1.70. The van der Waals surface area contributed by atoms with Gasteiger partial charge in [-0.25, -0.2) is 15.0 Å². The third-order valence-corrected chi connectivity index (χ3v) is 3.81. The highest BCUT2D eigenvalue weighted by molar-refractivity contribution is 5.91. The van der Waals surface area contributed by atoms with Gasteiger partial charge in [0, 0.05) is 26.4 Å². The van der Waals surface area contributed by atoms with E-state index in [1.165, 1.54) is 18.9 Å². The minimum absolute atomic E-state index is 0.129. The predicted molar refractivity (Wildman–Crippen MR) is 79.5 cm³/mol. The summed E-state index contributed by atoms with van der Waals surface area (Å²) >= 11 is 0. The van der Waals surface area contributed by atoms with Crippen LogP contribution in [0.15, 0.2) is 31.1 Å². The minimum Gasteiger partial charge on any atom is -0.380 e. The number of carbonyl (C=O) groups is 1. The number of rotatable bonds is 5. The molecular weight excluding hydrogens is 284 g/mol. The molecule has 1 fully saturated rings. The average Bonchev–Trinajstić information content (AvgIpc) is 3.23. The van der Waals surface area contributed by atoms with Gasteiger partial charge in [0.25, 0.3) is 5.91 Å². The molecule has 2 N–H and O–H groups in total. The van der Waals surface area contributed by atoms with Gasteiger partial charge in [-0.15, -0.1) is 0 Å². The minimum atomic E-state index is -0.166. The Bertz CT molecular complexity index is 603. The van der Waals surface area contributed by atoms with Crippen LogP contribution in [0.3, 0.4) is 0 Å². The van der Waals surface area contributed by atoms with Gasteiger partial charge in [0.1, 0.15) is 17.8 Å². The van der Waals surface area contributed by atoms with Crippen LogP contribution in [0.5, 0.6) is 0 Å². The Hall–Kier alpha value is -2.48. The van der Waals surface area contributed by atoms with Crippen LogP contribution >= 0.6 is 0 Å². The Balaban J connectivity index is 1.66. The van der Waals surface area contributed by atoms with Crippen LogP contribution in [0.1, 0.15) is 16.9 Å². The molecule has 1 aliphatic heterocycles. The normalized spacial score (nSPS) is 21.0. The monoisotopic (exact) mass is 302 g/mol. The van der Waals surface area contributed by atoms with E-state index in [0.717, 1.165) is 18.8 Å². The maximum atomic E-state index is 12.0. The molecule has 116 valence electrons. The first-order valence-corrected chi connectivity index (χ1v) is 7.10. The number of nitrogens with one attached hydrogen (secondary N) is 2. The van der Waals surface area contributed by atoms with E-state index in [1.807, 2.05) is 6.07 Å². The van der Waals surface area contributed by atoms with E-state index in [1.54, 1.807) is 13.3 Å². The number of carbonyl (C=O) groups excluding carboxylic acids is 1. The van der Waals surface area contributed by atoms with Crippen LogP contribution in [-0.2, 0) is 4.74 Å². The molecular formula is C14H18N6O2. The lowest BCUT2D eigenvalue weighted by Gasteiger charge is -2.25. The number of aromatic nitrogens is 4. The molecule has 0 aromatic carbocycles. The van der Waals surface area contributed by atoms with Crippen molar-refractivity contribution in [2.24, 2.45) is 0 Å². The number of hydrogen-bond donors (Lipinski definition) is 2.